The number of alkyl halides is 1. The number of hydrogen-bond acceptors (Lipinski definition) is 1. The largest absolute Gasteiger partial charge is 0.355 e. The molecule has 0 saturated heterocycles. The molecule has 0 rings (SSSR count). The van der Waals surface area contributed by atoms with Gasteiger partial charge < -0.3 is 5.32 Å². The molecule has 1 amide bonds. The second-order valence-corrected chi connectivity index (χ2v) is 4.37. The van der Waals surface area contributed by atoms with Crippen molar-refractivity contribution >= 4 is 28.5 Å². The lowest BCUT2D eigenvalue weighted by atomic mass is 10.1. The number of nitrogens with one attached hydrogen (secondary N) is 1. The quantitative estimate of drug-likeness (QED) is 0.395. The first-order chi connectivity index (χ1) is 6.81. The predicted molar refractivity (Wildman–Crippen MR) is 69.9 cm³/mol. The molecule has 0 heterocycles. The molecule has 0 aliphatic carbocycles. The molecular formula is C11H22INO. The summed E-state index contributed by atoms with van der Waals surface area (Å²) in [6.45, 7) is 3.09. The number of unbranched alkanes of at least 4 members (excludes halogenated alkanes) is 6. The Morgan fingerprint density at radius 2 is 1.64 bits per heavy atom. The Balaban J connectivity index is 2.95. The Labute approximate surface area is 101 Å². The van der Waals surface area contributed by atoms with Crippen molar-refractivity contribution in [1.82, 2.24) is 5.32 Å². The zero-order valence-corrected chi connectivity index (χ0v) is 11.3. The summed E-state index contributed by atoms with van der Waals surface area (Å²) < 4.78 is 0.578. The topological polar surface area (TPSA) is 29.1 Å². The van der Waals surface area contributed by atoms with E-state index in [0.717, 1.165) is 13.0 Å². The number of amides is 1. The fourth-order valence-corrected chi connectivity index (χ4v) is 1.63. The summed E-state index contributed by atoms with van der Waals surface area (Å²) in [6.07, 6.45) is 9.11. The molecule has 0 spiro atoms. The van der Waals surface area contributed by atoms with Crippen molar-refractivity contribution < 1.29 is 4.79 Å². The van der Waals surface area contributed by atoms with Crippen LogP contribution in [-0.4, -0.2) is 16.9 Å². The summed E-state index contributed by atoms with van der Waals surface area (Å²) in [5, 5.41) is 2.89. The van der Waals surface area contributed by atoms with Gasteiger partial charge >= 0.3 is 0 Å². The van der Waals surface area contributed by atoms with Crippen molar-refractivity contribution in [2.75, 3.05) is 11.0 Å². The van der Waals surface area contributed by atoms with Crippen LogP contribution in [0, 0.1) is 0 Å². The Morgan fingerprint density at radius 1 is 1.07 bits per heavy atom. The van der Waals surface area contributed by atoms with Gasteiger partial charge in [-0.05, 0) is 6.42 Å². The molecule has 0 aliphatic rings. The molecule has 0 fully saturated rings. The van der Waals surface area contributed by atoms with E-state index < -0.39 is 0 Å². The van der Waals surface area contributed by atoms with Gasteiger partial charge in [0.1, 0.15) is 0 Å². The smallest absolute Gasteiger partial charge is 0.229 e. The maximum absolute atomic E-state index is 10.9. The van der Waals surface area contributed by atoms with Gasteiger partial charge in [-0.25, -0.2) is 0 Å². The van der Waals surface area contributed by atoms with E-state index in [-0.39, 0.29) is 5.91 Å². The van der Waals surface area contributed by atoms with Gasteiger partial charge in [0.25, 0.3) is 0 Å². The second kappa shape index (κ2) is 11.3. The third-order valence-electron chi connectivity index (χ3n) is 2.22. The van der Waals surface area contributed by atoms with Crippen LogP contribution in [0.25, 0.3) is 0 Å². The lowest BCUT2D eigenvalue weighted by molar-refractivity contribution is -0.118. The highest BCUT2D eigenvalue weighted by Gasteiger charge is 1.95. The highest BCUT2D eigenvalue weighted by molar-refractivity contribution is 14.1. The number of rotatable bonds is 9. The van der Waals surface area contributed by atoms with Gasteiger partial charge in [0.2, 0.25) is 5.91 Å². The van der Waals surface area contributed by atoms with Crippen LogP contribution < -0.4 is 5.32 Å². The van der Waals surface area contributed by atoms with Crippen LogP contribution in [-0.2, 0) is 4.79 Å². The lowest BCUT2D eigenvalue weighted by Gasteiger charge is -2.02. The van der Waals surface area contributed by atoms with Crippen molar-refractivity contribution in [3.63, 3.8) is 0 Å². The Kier molecular flexibility index (Phi) is 11.4. The van der Waals surface area contributed by atoms with E-state index in [1.165, 1.54) is 38.5 Å². The van der Waals surface area contributed by atoms with E-state index in [1.54, 1.807) is 0 Å². The van der Waals surface area contributed by atoms with Crippen molar-refractivity contribution in [2.45, 2.75) is 51.9 Å². The molecule has 0 aliphatic heterocycles. The minimum absolute atomic E-state index is 0.164. The van der Waals surface area contributed by atoms with Gasteiger partial charge in [-0.1, -0.05) is 68.0 Å². The van der Waals surface area contributed by atoms with E-state index in [9.17, 15) is 4.79 Å². The normalized spacial score (nSPS) is 10.1. The molecule has 0 aromatic heterocycles. The molecule has 0 bridgehead atoms. The molecule has 0 saturated carbocycles. The molecule has 1 N–H and O–H groups in total. The first-order valence-electron chi connectivity index (χ1n) is 5.64. The van der Waals surface area contributed by atoms with E-state index in [4.69, 9.17) is 0 Å². The molecule has 0 aromatic rings. The molecule has 0 aromatic carbocycles. The second-order valence-electron chi connectivity index (χ2n) is 3.60. The van der Waals surface area contributed by atoms with E-state index in [2.05, 4.69) is 34.8 Å². The van der Waals surface area contributed by atoms with Crippen molar-refractivity contribution in [3.8, 4) is 0 Å². The Morgan fingerprint density at radius 3 is 2.21 bits per heavy atom. The predicted octanol–water partition coefficient (Wildman–Crippen LogP) is 3.29. The summed E-state index contributed by atoms with van der Waals surface area (Å²) in [4.78, 5) is 10.9. The minimum Gasteiger partial charge on any atom is -0.355 e. The summed E-state index contributed by atoms with van der Waals surface area (Å²) >= 11 is 2.08. The van der Waals surface area contributed by atoms with Crippen LogP contribution >= 0.6 is 22.6 Å². The maximum Gasteiger partial charge on any atom is 0.229 e. The molecule has 2 nitrogen and oxygen atoms in total. The number of carbonyl (C=O) groups excluding carboxylic acids is 1. The first-order valence-corrected chi connectivity index (χ1v) is 7.16. The van der Waals surface area contributed by atoms with E-state index in [0.29, 0.717) is 4.43 Å². The first kappa shape index (κ1) is 14.2. The average molecular weight is 311 g/mol. The SMILES string of the molecule is CCCCCCCCCNC(=O)CI. The van der Waals surface area contributed by atoms with Gasteiger partial charge in [-0.2, -0.15) is 0 Å². The Bertz CT molecular complexity index is 139. The monoisotopic (exact) mass is 311 g/mol. The minimum atomic E-state index is 0.164. The molecular weight excluding hydrogens is 289 g/mol. The fraction of sp³-hybridized carbons (Fsp3) is 0.909. The zero-order chi connectivity index (χ0) is 10.6. The zero-order valence-electron chi connectivity index (χ0n) is 9.15. The number of hydrogen-bond donors (Lipinski definition) is 1. The third-order valence-corrected chi connectivity index (χ3v) is 2.92. The van der Waals surface area contributed by atoms with Crippen LogP contribution in [0.5, 0.6) is 0 Å². The van der Waals surface area contributed by atoms with Crippen LogP contribution in [0.15, 0.2) is 0 Å². The van der Waals surface area contributed by atoms with Crippen LogP contribution in [0.3, 0.4) is 0 Å². The highest BCUT2D eigenvalue weighted by atomic mass is 127. The van der Waals surface area contributed by atoms with E-state index >= 15 is 0 Å². The molecule has 0 unspecified atom stereocenters. The molecule has 0 atom stereocenters. The molecule has 84 valence electrons. The average Bonchev–Trinajstić information content (AvgIpc) is 2.21. The van der Waals surface area contributed by atoms with Crippen LogP contribution in [0.1, 0.15) is 51.9 Å². The van der Waals surface area contributed by atoms with Gasteiger partial charge in [0.05, 0.1) is 4.43 Å². The lowest BCUT2D eigenvalue weighted by Crippen LogP contribution is -2.25. The Hall–Kier alpha value is 0.200. The highest BCUT2D eigenvalue weighted by Crippen LogP contribution is 2.06. The summed E-state index contributed by atoms with van der Waals surface area (Å²) in [5.41, 5.74) is 0. The van der Waals surface area contributed by atoms with Gasteiger partial charge in [-0.15, -0.1) is 0 Å². The van der Waals surface area contributed by atoms with Crippen molar-refractivity contribution in [2.24, 2.45) is 0 Å². The van der Waals surface area contributed by atoms with Crippen molar-refractivity contribution in [3.05, 3.63) is 0 Å². The molecule has 14 heavy (non-hydrogen) atoms. The fourth-order valence-electron chi connectivity index (χ4n) is 1.36. The summed E-state index contributed by atoms with van der Waals surface area (Å²) in [5.74, 6) is 0.164. The summed E-state index contributed by atoms with van der Waals surface area (Å²) in [7, 11) is 0. The van der Waals surface area contributed by atoms with Crippen molar-refractivity contribution in [1.29, 1.82) is 0 Å². The van der Waals surface area contributed by atoms with Crippen LogP contribution in [0.2, 0.25) is 0 Å². The molecule has 0 radical (unpaired) electrons. The summed E-state index contributed by atoms with van der Waals surface area (Å²) in [6, 6.07) is 0. The van der Waals surface area contributed by atoms with Crippen LogP contribution in [0.4, 0.5) is 0 Å². The molecule has 3 heteroatoms. The van der Waals surface area contributed by atoms with Gasteiger partial charge in [0, 0.05) is 6.54 Å². The van der Waals surface area contributed by atoms with Gasteiger partial charge in [-0.3, -0.25) is 4.79 Å². The van der Waals surface area contributed by atoms with E-state index in [1.807, 2.05) is 0 Å². The number of halogens is 1. The standard InChI is InChI=1S/C11H22INO/c1-2-3-4-5-6-7-8-9-13-11(14)10-12/h2-10H2,1H3,(H,13,14). The maximum atomic E-state index is 10.9. The number of carbonyl (C=O) groups is 1. The van der Waals surface area contributed by atoms with Gasteiger partial charge in [0.15, 0.2) is 0 Å². The third kappa shape index (κ3) is 10.3.